The third-order valence-corrected chi connectivity index (χ3v) is 5.19. The van der Waals surface area contributed by atoms with Gasteiger partial charge in [0.05, 0.1) is 11.3 Å². The maximum atomic E-state index is 12.8. The lowest BCUT2D eigenvalue weighted by atomic mass is 10.1. The normalized spacial score (nSPS) is 10.5. The molecule has 0 bridgehead atoms. The Kier molecular flexibility index (Phi) is 8.29. The molecule has 2 N–H and O–H groups in total. The molecular formula is C26H25N3O2S. The zero-order chi connectivity index (χ0) is 22.8. The quantitative estimate of drug-likeness (QED) is 0.424. The van der Waals surface area contributed by atoms with Crippen LogP contribution in [0.25, 0.3) is 6.08 Å². The van der Waals surface area contributed by atoms with Crippen molar-refractivity contribution in [3.8, 4) is 0 Å². The maximum absolute atomic E-state index is 12.8. The first kappa shape index (κ1) is 22.9. The maximum Gasteiger partial charge on any atom is 0.253 e. The summed E-state index contributed by atoms with van der Waals surface area (Å²) in [7, 11) is 1.72. The van der Waals surface area contributed by atoms with Crippen LogP contribution in [0.5, 0.6) is 0 Å². The van der Waals surface area contributed by atoms with Gasteiger partial charge in [0.15, 0.2) is 5.11 Å². The molecule has 0 fully saturated rings. The first-order valence-electron chi connectivity index (χ1n) is 10.3. The van der Waals surface area contributed by atoms with E-state index >= 15 is 0 Å². The van der Waals surface area contributed by atoms with Crippen LogP contribution in [0.15, 0.2) is 91.0 Å². The minimum Gasteiger partial charge on any atom is -0.352 e. The second kappa shape index (κ2) is 11.6. The number of nitrogens with zero attached hydrogens (tertiary/aromatic N) is 1. The molecule has 3 aromatic rings. The first-order chi connectivity index (χ1) is 15.5. The number of amides is 2. The van der Waals surface area contributed by atoms with Crippen molar-refractivity contribution in [1.29, 1.82) is 0 Å². The van der Waals surface area contributed by atoms with Crippen LogP contribution >= 0.6 is 12.2 Å². The Morgan fingerprint density at radius 1 is 0.906 bits per heavy atom. The molecule has 0 saturated heterocycles. The van der Waals surface area contributed by atoms with Crippen molar-refractivity contribution in [2.75, 3.05) is 18.5 Å². The van der Waals surface area contributed by atoms with Gasteiger partial charge in [-0.15, -0.1) is 0 Å². The molecule has 0 aliphatic carbocycles. The molecule has 5 nitrogen and oxygen atoms in total. The molecule has 0 aliphatic rings. The molecule has 0 aliphatic heterocycles. The van der Waals surface area contributed by atoms with Crippen LogP contribution in [0.4, 0.5) is 5.69 Å². The molecule has 0 atom stereocenters. The highest BCUT2D eigenvalue weighted by atomic mass is 32.1. The summed E-state index contributed by atoms with van der Waals surface area (Å²) in [4.78, 5) is 26.7. The highest BCUT2D eigenvalue weighted by molar-refractivity contribution is 7.80. The van der Waals surface area contributed by atoms with E-state index in [2.05, 4.69) is 10.6 Å². The number of anilines is 1. The van der Waals surface area contributed by atoms with Crippen LogP contribution in [0.3, 0.4) is 0 Å². The zero-order valence-electron chi connectivity index (χ0n) is 17.8. The SMILES string of the molecule is CN(C(=S)NC(=O)C=Cc1ccccc1)c1ccccc1C(=O)NCCc1ccccc1. The lowest BCUT2D eigenvalue weighted by Gasteiger charge is -2.22. The molecule has 0 aromatic heterocycles. The van der Waals surface area contributed by atoms with E-state index in [1.54, 1.807) is 36.2 Å². The number of para-hydroxylation sites is 1. The second-order valence-electron chi connectivity index (χ2n) is 7.11. The molecule has 162 valence electrons. The summed E-state index contributed by atoms with van der Waals surface area (Å²) in [6.07, 6.45) is 3.89. The summed E-state index contributed by atoms with van der Waals surface area (Å²) in [5.41, 5.74) is 3.17. The number of nitrogens with one attached hydrogen (secondary N) is 2. The zero-order valence-corrected chi connectivity index (χ0v) is 18.6. The second-order valence-corrected chi connectivity index (χ2v) is 7.49. The number of rotatable bonds is 7. The smallest absolute Gasteiger partial charge is 0.253 e. The van der Waals surface area contributed by atoms with Gasteiger partial charge in [0.25, 0.3) is 5.91 Å². The molecule has 32 heavy (non-hydrogen) atoms. The average Bonchev–Trinajstić information content (AvgIpc) is 2.83. The molecule has 0 spiro atoms. The number of carbonyl (C=O) groups is 2. The van der Waals surface area contributed by atoms with Crippen LogP contribution in [-0.2, 0) is 11.2 Å². The van der Waals surface area contributed by atoms with E-state index in [0.29, 0.717) is 17.8 Å². The minimum absolute atomic E-state index is 0.193. The summed E-state index contributed by atoms with van der Waals surface area (Å²) in [5, 5.41) is 5.84. The van der Waals surface area contributed by atoms with Gasteiger partial charge in [-0.1, -0.05) is 72.8 Å². The highest BCUT2D eigenvalue weighted by Gasteiger charge is 2.17. The van der Waals surface area contributed by atoms with E-state index in [0.717, 1.165) is 17.5 Å². The Balaban J connectivity index is 1.60. The Hall–Kier alpha value is -3.77. The lowest BCUT2D eigenvalue weighted by molar-refractivity contribution is -0.115. The van der Waals surface area contributed by atoms with E-state index < -0.39 is 0 Å². The summed E-state index contributed by atoms with van der Waals surface area (Å²) >= 11 is 5.39. The minimum atomic E-state index is -0.338. The van der Waals surface area contributed by atoms with E-state index in [1.807, 2.05) is 66.7 Å². The van der Waals surface area contributed by atoms with Gasteiger partial charge < -0.3 is 10.2 Å². The standard InChI is InChI=1S/C26H25N3O2S/c1-29(26(32)28-24(30)17-16-20-10-4-2-5-11-20)23-15-9-8-14-22(23)25(31)27-19-18-21-12-6-3-7-13-21/h2-17H,18-19H2,1H3,(H,27,31)(H,28,30,32). The van der Waals surface area contributed by atoms with E-state index in [9.17, 15) is 9.59 Å². The van der Waals surface area contributed by atoms with Gasteiger partial charge in [-0.2, -0.15) is 0 Å². The van der Waals surface area contributed by atoms with Crippen molar-refractivity contribution in [3.05, 3.63) is 108 Å². The Morgan fingerprint density at radius 2 is 1.53 bits per heavy atom. The summed E-state index contributed by atoms with van der Waals surface area (Å²) < 4.78 is 0. The van der Waals surface area contributed by atoms with Gasteiger partial charge >= 0.3 is 0 Å². The van der Waals surface area contributed by atoms with Crippen molar-refractivity contribution in [2.24, 2.45) is 0 Å². The molecule has 0 unspecified atom stereocenters. The van der Waals surface area contributed by atoms with E-state index in [1.165, 1.54) is 6.08 Å². The highest BCUT2D eigenvalue weighted by Crippen LogP contribution is 2.19. The summed E-state index contributed by atoms with van der Waals surface area (Å²) in [6, 6.07) is 26.7. The van der Waals surface area contributed by atoms with E-state index in [-0.39, 0.29) is 16.9 Å². The van der Waals surface area contributed by atoms with Gasteiger partial charge in [0.2, 0.25) is 5.91 Å². The Morgan fingerprint density at radius 3 is 2.25 bits per heavy atom. The fourth-order valence-corrected chi connectivity index (χ4v) is 3.29. The fourth-order valence-electron chi connectivity index (χ4n) is 3.09. The summed E-state index contributed by atoms with van der Waals surface area (Å²) in [5.74, 6) is -0.531. The molecule has 0 radical (unpaired) electrons. The average molecular weight is 444 g/mol. The third kappa shape index (κ3) is 6.62. The fraction of sp³-hybridized carbons (Fsp3) is 0.115. The van der Waals surface area contributed by atoms with Crippen LogP contribution in [0, 0.1) is 0 Å². The number of hydrogen-bond acceptors (Lipinski definition) is 3. The Bertz CT molecular complexity index is 1100. The van der Waals surface area contributed by atoms with Crippen molar-refractivity contribution >= 4 is 40.9 Å². The molecule has 0 heterocycles. The van der Waals surface area contributed by atoms with Gasteiger partial charge in [0.1, 0.15) is 0 Å². The third-order valence-electron chi connectivity index (χ3n) is 4.81. The first-order valence-corrected chi connectivity index (χ1v) is 10.7. The van der Waals surface area contributed by atoms with Crippen LogP contribution in [-0.4, -0.2) is 30.5 Å². The Labute approximate surface area is 193 Å². The lowest BCUT2D eigenvalue weighted by Crippen LogP contribution is -2.41. The number of carbonyl (C=O) groups excluding carboxylic acids is 2. The van der Waals surface area contributed by atoms with Crippen molar-refractivity contribution in [1.82, 2.24) is 10.6 Å². The van der Waals surface area contributed by atoms with Crippen molar-refractivity contribution in [2.45, 2.75) is 6.42 Å². The van der Waals surface area contributed by atoms with Crippen LogP contribution in [0.1, 0.15) is 21.5 Å². The van der Waals surface area contributed by atoms with Gasteiger partial charge in [-0.05, 0) is 48.0 Å². The predicted molar refractivity (Wildman–Crippen MR) is 134 cm³/mol. The molecule has 2 amide bonds. The van der Waals surface area contributed by atoms with Gasteiger partial charge in [-0.3, -0.25) is 14.9 Å². The van der Waals surface area contributed by atoms with Gasteiger partial charge in [-0.25, -0.2) is 0 Å². The topological polar surface area (TPSA) is 61.4 Å². The largest absolute Gasteiger partial charge is 0.352 e. The molecule has 0 saturated carbocycles. The monoisotopic (exact) mass is 443 g/mol. The molecular weight excluding hydrogens is 418 g/mol. The van der Waals surface area contributed by atoms with Crippen LogP contribution < -0.4 is 15.5 Å². The predicted octanol–water partition coefficient (Wildman–Crippen LogP) is 4.21. The number of hydrogen-bond donors (Lipinski definition) is 2. The number of thiocarbonyl (C=S) groups is 1. The molecule has 6 heteroatoms. The molecule has 3 aromatic carbocycles. The van der Waals surface area contributed by atoms with Crippen molar-refractivity contribution in [3.63, 3.8) is 0 Å². The molecule has 3 rings (SSSR count). The number of benzene rings is 3. The van der Waals surface area contributed by atoms with Crippen molar-refractivity contribution < 1.29 is 9.59 Å². The van der Waals surface area contributed by atoms with E-state index in [4.69, 9.17) is 12.2 Å². The van der Waals surface area contributed by atoms with Gasteiger partial charge in [0, 0.05) is 19.7 Å². The summed E-state index contributed by atoms with van der Waals surface area (Å²) in [6.45, 7) is 0.520. The van der Waals surface area contributed by atoms with Crippen LogP contribution in [0.2, 0.25) is 0 Å².